The van der Waals surface area contributed by atoms with Gasteiger partial charge in [-0.15, -0.1) is 0 Å². The van der Waals surface area contributed by atoms with Gasteiger partial charge in [-0.05, 0) is 30.5 Å². The topological polar surface area (TPSA) is 41.9 Å². The third-order valence-electron chi connectivity index (χ3n) is 3.13. The molecule has 1 heterocycles. The van der Waals surface area contributed by atoms with E-state index in [9.17, 15) is 4.79 Å². The zero-order valence-electron chi connectivity index (χ0n) is 10.5. The average Bonchev–Trinajstić information content (AvgIpc) is 2.88. The second kappa shape index (κ2) is 6.26. The van der Waals surface area contributed by atoms with Crippen molar-refractivity contribution < 1.29 is 9.63 Å². The zero-order chi connectivity index (χ0) is 13.8. The molecular weight excluding hydrogens is 287 g/mol. The van der Waals surface area contributed by atoms with Crippen LogP contribution in [0, 0.1) is 0 Å². The van der Waals surface area contributed by atoms with Crippen LogP contribution >= 0.6 is 23.2 Å². The molecule has 1 unspecified atom stereocenters. The molecule has 1 aliphatic rings. The molecular formula is C13H14Cl2N2O2. The quantitative estimate of drug-likeness (QED) is 0.635. The Morgan fingerprint density at radius 1 is 1.47 bits per heavy atom. The first-order valence-electron chi connectivity index (χ1n) is 5.95. The van der Waals surface area contributed by atoms with Crippen LogP contribution in [0.15, 0.2) is 23.4 Å². The summed E-state index contributed by atoms with van der Waals surface area (Å²) >= 11 is 11.9. The second-order valence-corrected chi connectivity index (χ2v) is 5.09. The van der Waals surface area contributed by atoms with Gasteiger partial charge in [0.15, 0.2) is 0 Å². The summed E-state index contributed by atoms with van der Waals surface area (Å²) in [7, 11) is 1.41. The fourth-order valence-electron chi connectivity index (χ4n) is 2.27. The lowest BCUT2D eigenvalue weighted by atomic mass is 10.0. The van der Waals surface area contributed by atoms with Gasteiger partial charge in [0.25, 0.3) is 5.91 Å². The number of hydrogen-bond acceptors (Lipinski definition) is 3. The second-order valence-electron chi connectivity index (χ2n) is 4.28. The largest absolute Gasteiger partial charge is 0.399 e. The number of rotatable bonds is 3. The molecule has 1 amide bonds. The Bertz CT molecular complexity index is 505. The van der Waals surface area contributed by atoms with Crippen LogP contribution in [0.3, 0.4) is 0 Å². The molecule has 0 radical (unpaired) electrons. The van der Waals surface area contributed by atoms with Crippen LogP contribution in [0.2, 0.25) is 10.0 Å². The van der Waals surface area contributed by atoms with Gasteiger partial charge in [0.1, 0.15) is 13.3 Å². The molecule has 6 heteroatoms. The summed E-state index contributed by atoms with van der Waals surface area (Å²) in [6.07, 6.45) is 3.05. The number of nitrogens with zero attached hydrogens (tertiary/aromatic N) is 2. The Labute approximate surface area is 121 Å². The zero-order valence-corrected chi connectivity index (χ0v) is 12.0. The van der Waals surface area contributed by atoms with Crippen LogP contribution in [0.5, 0.6) is 0 Å². The number of carbonyl (C=O) groups excluding carboxylic acids is 1. The van der Waals surface area contributed by atoms with Gasteiger partial charge >= 0.3 is 0 Å². The van der Waals surface area contributed by atoms with Crippen molar-refractivity contribution in [3.05, 3.63) is 33.8 Å². The Balaban J connectivity index is 2.20. The lowest BCUT2D eigenvalue weighted by molar-refractivity contribution is -0.124. The van der Waals surface area contributed by atoms with Gasteiger partial charge in [-0.3, -0.25) is 4.79 Å². The first-order chi connectivity index (χ1) is 9.13. The van der Waals surface area contributed by atoms with E-state index >= 15 is 0 Å². The van der Waals surface area contributed by atoms with Crippen molar-refractivity contribution in [2.24, 2.45) is 5.16 Å². The minimum absolute atomic E-state index is 0.0190. The Morgan fingerprint density at radius 3 is 2.95 bits per heavy atom. The van der Waals surface area contributed by atoms with Gasteiger partial charge in [0.2, 0.25) is 0 Å². The van der Waals surface area contributed by atoms with Gasteiger partial charge < -0.3 is 9.74 Å². The molecule has 0 aliphatic carbocycles. The van der Waals surface area contributed by atoms with Crippen LogP contribution in [-0.4, -0.2) is 30.7 Å². The van der Waals surface area contributed by atoms with E-state index < -0.39 is 0 Å². The summed E-state index contributed by atoms with van der Waals surface area (Å²) in [5, 5.41) is 4.53. The molecule has 1 atom stereocenters. The van der Waals surface area contributed by atoms with Crippen molar-refractivity contribution in [1.29, 1.82) is 0 Å². The van der Waals surface area contributed by atoms with Gasteiger partial charge in [-0.2, -0.15) is 0 Å². The molecule has 0 aromatic heterocycles. The number of hydrogen-bond donors (Lipinski definition) is 0. The first kappa shape index (κ1) is 14.2. The van der Waals surface area contributed by atoms with Crippen molar-refractivity contribution in [3.8, 4) is 0 Å². The predicted molar refractivity (Wildman–Crippen MR) is 75.7 cm³/mol. The highest BCUT2D eigenvalue weighted by Gasteiger charge is 2.29. The molecule has 0 bridgehead atoms. The van der Waals surface area contributed by atoms with Crippen LogP contribution in [0.1, 0.15) is 24.4 Å². The molecule has 0 saturated carbocycles. The highest BCUT2D eigenvalue weighted by Crippen LogP contribution is 2.34. The standard InChI is InChI=1S/C13H14Cl2N2O2/c1-19-16-8-13(18)17-6-2-3-12(17)9-4-5-10(14)11(15)7-9/h4-5,7-8,12H,2-3,6H2,1H3/b16-8+. The molecule has 0 spiro atoms. The maximum Gasteiger partial charge on any atom is 0.268 e. The number of halogens is 2. The summed E-state index contributed by atoms with van der Waals surface area (Å²) in [6, 6.07) is 5.49. The molecule has 2 rings (SSSR count). The normalized spacial score (nSPS) is 19.1. The van der Waals surface area contributed by atoms with Gasteiger partial charge in [-0.25, -0.2) is 0 Å². The SMILES string of the molecule is CO/N=C/C(=O)N1CCCC1c1ccc(Cl)c(Cl)c1. The fraction of sp³-hybridized carbons (Fsp3) is 0.385. The smallest absolute Gasteiger partial charge is 0.268 e. The number of amides is 1. The molecule has 4 nitrogen and oxygen atoms in total. The lowest BCUT2D eigenvalue weighted by Crippen LogP contribution is -2.31. The minimum Gasteiger partial charge on any atom is -0.399 e. The molecule has 1 fully saturated rings. The highest BCUT2D eigenvalue weighted by atomic mass is 35.5. The van der Waals surface area contributed by atoms with Crippen molar-refractivity contribution in [2.75, 3.05) is 13.7 Å². The van der Waals surface area contributed by atoms with Crippen molar-refractivity contribution in [1.82, 2.24) is 4.90 Å². The third-order valence-corrected chi connectivity index (χ3v) is 3.87. The van der Waals surface area contributed by atoms with Crippen molar-refractivity contribution >= 4 is 35.3 Å². The van der Waals surface area contributed by atoms with Crippen LogP contribution in [-0.2, 0) is 9.63 Å². The van der Waals surface area contributed by atoms with Gasteiger partial charge in [-0.1, -0.05) is 34.4 Å². The molecule has 1 aliphatic heterocycles. The van der Waals surface area contributed by atoms with E-state index in [0.717, 1.165) is 18.4 Å². The minimum atomic E-state index is -0.157. The lowest BCUT2D eigenvalue weighted by Gasteiger charge is -2.23. The monoisotopic (exact) mass is 300 g/mol. The fourth-order valence-corrected chi connectivity index (χ4v) is 2.58. The highest BCUT2D eigenvalue weighted by molar-refractivity contribution is 6.42. The first-order valence-corrected chi connectivity index (χ1v) is 6.71. The summed E-state index contributed by atoms with van der Waals surface area (Å²) in [5.41, 5.74) is 0.992. The Hall–Kier alpha value is -1.26. The molecule has 0 N–H and O–H groups in total. The molecule has 1 saturated heterocycles. The number of benzene rings is 1. The average molecular weight is 301 g/mol. The Morgan fingerprint density at radius 2 is 2.26 bits per heavy atom. The van der Waals surface area contributed by atoms with E-state index in [1.54, 1.807) is 11.0 Å². The molecule has 102 valence electrons. The maximum atomic E-state index is 12.0. The number of carbonyl (C=O) groups is 1. The Kier molecular flexibility index (Phi) is 4.66. The third kappa shape index (κ3) is 3.19. The van der Waals surface area contributed by atoms with E-state index in [4.69, 9.17) is 23.2 Å². The summed E-state index contributed by atoms with van der Waals surface area (Å²) in [5.74, 6) is -0.157. The van der Waals surface area contributed by atoms with Crippen molar-refractivity contribution in [2.45, 2.75) is 18.9 Å². The van der Waals surface area contributed by atoms with Crippen molar-refractivity contribution in [3.63, 3.8) is 0 Å². The summed E-state index contributed by atoms with van der Waals surface area (Å²) < 4.78 is 0. The summed E-state index contributed by atoms with van der Waals surface area (Å²) in [6.45, 7) is 0.708. The van der Waals surface area contributed by atoms with Gasteiger partial charge in [0, 0.05) is 6.54 Å². The van der Waals surface area contributed by atoms with Crippen LogP contribution in [0.25, 0.3) is 0 Å². The van der Waals surface area contributed by atoms with E-state index in [-0.39, 0.29) is 11.9 Å². The predicted octanol–water partition coefficient (Wildman–Crippen LogP) is 3.29. The molecule has 1 aromatic rings. The summed E-state index contributed by atoms with van der Waals surface area (Å²) in [4.78, 5) is 18.3. The van der Waals surface area contributed by atoms with Crippen LogP contribution < -0.4 is 0 Å². The van der Waals surface area contributed by atoms with Crippen LogP contribution in [0.4, 0.5) is 0 Å². The number of oxime groups is 1. The van der Waals surface area contributed by atoms with E-state index in [0.29, 0.717) is 16.6 Å². The van der Waals surface area contributed by atoms with Gasteiger partial charge in [0.05, 0.1) is 16.1 Å². The number of likely N-dealkylation sites (tertiary alicyclic amines) is 1. The molecule has 19 heavy (non-hydrogen) atoms. The van der Waals surface area contributed by atoms with E-state index in [2.05, 4.69) is 9.99 Å². The van der Waals surface area contributed by atoms with E-state index in [1.165, 1.54) is 13.3 Å². The van der Waals surface area contributed by atoms with E-state index in [1.807, 2.05) is 12.1 Å². The molecule has 1 aromatic carbocycles. The maximum absolute atomic E-state index is 12.0.